The summed E-state index contributed by atoms with van der Waals surface area (Å²) >= 11 is 0. The Morgan fingerprint density at radius 1 is 1.03 bits per heavy atom. The number of hydrogen-bond donors (Lipinski definition) is 3. The molecule has 0 bridgehead atoms. The van der Waals surface area contributed by atoms with Gasteiger partial charge in [0, 0.05) is 56.9 Å². The molecule has 3 saturated heterocycles. The molecule has 10 rings (SSSR count). The van der Waals surface area contributed by atoms with Gasteiger partial charge >= 0.3 is 0 Å². The Morgan fingerprint density at radius 3 is 2.64 bits per heavy atom. The second-order valence-electron chi connectivity index (χ2n) is 18.1. The van der Waals surface area contributed by atoms with Crippen molar-refractivity contribution in [1.29, 1.82) is 0 Å². The largest absolute Gasteiger partial charge is 0.394 e. The fourth-order valence-corrected chi connectivity index (χ4v) is 9.92. The van der Waals surface area contributed by atoms with Gasteiger partial charge in [-0.05, 0) is 69.4 Å². The Hall–Kier alpha value is -5.88. The summed E-state index contributed by atoms with van der Waals surface area (Å²) in [7, 11) is 0. The van der Waals surface area contributed by atoms with Crippen molar-refractivity contribution >= 4 is 45.8 Å². The quantitative estimate of drug-likeness (QED) is 0.116. The van der Waals surface area contributed by atoms with Crippen LogP contribution in [0, 0.1) is 17.8 Å². The third-order valence-electron chi connectivity index (χ3n) is 13.6. The number of fused-ring (bicyclic) bond motifs is 2. The van der Waals surface area contributed by atoms with Crippen LogP contribution in [0.25, 0.3) is 16.6 Å². The number of hydrogen-bond acceptors (Lipinski definition) is 12. The number of morpholine rings is 1. The smallest absolute Gasteiger partial charge is 0.284 e. The lowest BCUT2D eigenvalue weighted by Gasteiger charge is -2.38. The van der Waals surface area contributed by atoms with Gasteiger partial charge in [0.25, 0.3) is 12.3 Å². The summed E-state index contributed by atoms with van der Waals surface area (Å²) in [6.07, 6.45) is 5.70. The number of aliphatic hydroxyl groups is 1. The van der Waals surface area contributed by atoms with Gasteiger partial charge in [0.05, 0.1) is 72.1 Å². The standard InChI is InChI=1S/C46H52F3N11O6/c47-35-24-56(16-14-37(35)66-19-2-4-28-3-1-5-32-40(33-12-13-39(62)53-45(33)63)55-60(42(28)32)30-10-11-30)22-27-6-8-29(9-7-27)59-25-36(41(54-59)43(48)49)51-46(64)34-21-50-58-17-15-38(52-44(34)58)57-18-20-65-31(23-57)26-61/h1,3,5,15,17,21,25,27,29-31,33,35,37,43,61H,6-14,16,18-20,22-24,26H2,(H,51,64)(H,53,62,63)/t27?,29?,31-,33?,35+,37-/m0/s1. The predicted molar refractivity (Wildman–Crippen MR) is 234 cm³/mol. The molecule has 7 heterocycles. The number of piperidine rings is 2. The van der Waals surface area contributed by atoms with Crippen molar-refractivity contribution in [2.24, 2.45) is 5.92 Å². The lowest BCUT2D eigenvalue weighted by molar-refractivity contribution is -0.134. The highest BCUT2D eigenvalue weighted by molar-refractivity contribution is 6.08. The molecule has 17 nitrogen and oxygen atoms in total. The first kappa shape index (κ1) is 44.0. The summed E-state index contributed by atoms with van der Waals surface area (Å²) in [5, 5.41) is 28.9. The third kappa shape index (κ3) is 9.13. The average Bonchev–Trinajstić information content (AvgIpc) is 3.74. The zero-order valence-electron chi connectivity index (χ0n) is 36.3. The van der Waals surface area contributed by atoms with Crippen LogP contribution in [0.4, 0.5) is 24.7 Å². The van der Waals surface area contributed by atoms with Crippen LogP contribution in [0.1, 0.15) is 110 Å². The van der Waals surface area contributed by atoms with E-state index in [0.29, 0.717) is 69.4 Å². The summed E-state index contributed by atoms with van der Waals surface area (Å²) in [5.41, 5.74) is 2.08. The minimum atomic E-state index is -2.92. The number of rotatable bonds is 12. The van der Waals surface area contributed by atoms with Crippen LogP contribution in [-0.2, 0) is 19.1 Å². The molecule has 1 unspecified atom stereocenters. The fraction of sp³-hybridized carbons (Fsp3) is 0.543. The molecule has 3 amide bonds. The molecule has 0 radical (unpaired) electrons. The molecule has 2 saturated carbocycles. The lowest BCUT2D eigenvalue weighted by Crippen LogP contribution is -2.47. The number of nitrogens with zero attached hydrogens (tertiary/aromatic N) is 9. The molecule has 20 heteroatoms. The molecule has 5 aromatic rings. The number of alkyl halides is 3. The Labute approximate surface area is 378 Å². The molecule has 3 N–H and O–H groups in total. The van der Waals surface area contributed by atoms with E-state index in [1.807, 2.05) is 27.8 Å². The van der Waals surface area contributed by atoms with Gasteiger partial charge in [0.15, 0.2) is 11.3 Å². The Morgan fingerprint density at radius 2 is 1.86 bits per heavy atom. The maximum Gasteiger partial charge on any atom is 0.284 e. The number of ether oxygens (including phenoxy) is 2. The van der Waals surface area contributed by atoms with Crippen molar-refractivity contribution in [2.75, 3.05) is 62.8 Å². The average molecular weight is 912 g/mol. The summed E-state index contributed by atoms with van der Waals surface area (Å²) in [4.78, 5) is 46.8. The van der Waals surface area contributed by atoms with Crippen molar-refractivity contribution in [3.05, 3.63) is 65.4 Å². The maximum absolute atomic E-state index is 15.6. The maximum atomic E-state index is 15.6. The van der Waals surface area contributed by atoms with E-state index in [9.17, 15) is 28.3 Å². The van der Waals surface area contributed by atoms with E-state index in [4.69, 9.17) is 14.6 Å². The number of halogens is 3. The molecule has 4 aromatic heterocycles. The zero-order valence-corrected chi connectivity index (χ0v) is 36.3. The van der Waals surface area contributed by atoms with E-state index in [1.54, 1.807) is 16.9 Å². The number of carbonyl (C=O) groups excluding carboxylic acids is 3. The number of likely N-dealkylation sites (tertiary alicyclic amines) is 1. The van der Waals surface area contributed by atoms with Crippen LogP contribution >= 0.6 is 0 Å². The van der Waals surface area contributed by atoms with E-state index in [1.165, 1.54) is 16.9 Å². The van der Waals surface area contributed by atoms with E-state index in [0.717, 1.165) is 48.7 Å². The van der Waals surface area contributed by atoms with E-state index in [-0.39, 0.29) is 73.1 Å². The normalized spacial score (nSPS) is 25.3. The van der Waals surface area contributed by atoms with Crippen molar-refractivity contribution in [1.82, 2.24) is 44.4 Å². The molecule has 66 heavy (non-hydrogen) atoms. The highest BCUT2D eigenvalue weighted by Gasteiger charge is 2.36. The van der Waals surface area contributed by atoms with Crippen LogP contribution < -0.4 is 15.5 Å². The number of carbonyl (C=O) groups is 3. The molecular formula is C46H52F3N11O6. The molecule has 2 aliphatic carbocycles. The topological polar surface area (TPSA) is 186 Å². The summed E-state index contributed by atoms with van der Waals surface area (Å²) in [5.74, 6) is 5.46. The Balaban J connectivity index is 0.712. The monoisotopic (exact) mass is 911 g/mol. The van der Waals surface area contributed by atoms with Crippen LogP contribution in [0.15, 0.2) is 42.9 Å². The molecule has 3 aliphatic heterocycles. The van der Waals surface area contributed by atoms with Crippen molar-refractivity contribution < 1.29 is 42.1 Å². The minimum Gasteiger partial charge on any atom is -0.394 e. The van der Waals surface area contributed by atoms with Crippen LogP contribution in [0.5, 0.6) is 0 Å². The second kappa shape index (κ2) is 18.8. The van der Waals surface area contributed by atoms with Crippen LogP contribution in [0.3, 0.4) is 0 Å². The number of imide groups is 1. The first-order valence-corrected chi connectivity index (χ1v) is 22.9. The number of nitrogens with one attached hydrogen (secondary N) is 2. The third-order valence-corrected chi connectivity index (χ3v) is 13.6. The second-order valence-corrected chi connectivity index (χ2v) is 18.1. The van der Waals surface area contributed by atoms with Gasteiger partial charge in [-0.3, -0.25) is 34.0 Å². The number of amides is 3. The number of aliphatic hydroxyl groups excluding tert-OH is 1. The van der Waals surface area contributed by atoms with Crippen molar-refractivity contribution in [3.8, 4) is 11.8 Å². The summed E-state index contributed by atoms with van der Waals surface area (Å²) in [6.45, 7) is 2.98. The first-order valence-electron chi connectivity index (χ1n) is 22.9. The van der Waals surface area contributed by atoms with Gasteiger partial charge < -0.3 is 24.8 Å². The number of benzene rings is 1. The van der Waals surface area contributed by atoms with Crippen molar-refractivity contribution in [2.45, 2.75) is 101 Å². The van der Waals surface area contributed by atoms with Gasteiger partial charge in [-0.1, -0.05) is 24.0 Å². The molecule has 5 aliphatic rings. The molecule has 4 atom stereocenters. The highest BCUT2D eigenvalue weighted by Crippen LogP contribution is 2.41. The summed E-state index contributed by atoms with van der Waals surface area (Å²) in [6, 6.07) is 7.61. The Bertz CT molecular complexity index is 2680. The fourth-order valence-electron chi connectivity index (χ4n) is 9.92. The number of anilines is 2. The van der Waals surface area contributed by atoms with Gasteiger partial charge in [-0.25, -0.2) is 22.7 Å². The van der Waals surface area contributed by atoms with Crippen LogP contribution in [-0.4, -0.2) is 133 Å². The zero-order chi connectivity index (χ0) is 45.5. The summed E-state index contributed by atoms with van der Waals surface area (Å²) < 4.78 is 60.7. The first-order chi connectivity index (χ1) is 32.1. The van der Waals surface area contributed by atoms with E-state index >= 15 is 4.39 Å². The minimum absolute atomic E-state index is 0.0658. The van der Waals surface area contributed by atoms with Gasteiger partial charge in [-0.15, -0.1) is 0 Å². The predicted octanol–water partition coefficient (Wildman–Crippen LogP) is 4.73. The molecule has 1 aromatic carbocycles. The van der Waals surface area contributed by atoms with E-state index < -0.39 is 36.2 Å². The molecule has 0 spiro atoms. The van der Waals surface area contributed by atoms with Gasteiger partial charge in [0.1, 0.15) is 24.2 Å². The molecule has 5 fully saturated rings. The molecule has 348 valence electrons. The molecular weight excluding hydrogens is 860 g/mol. The van der Waals surface area contributed by atoms with E-state index in [2.05, 4.69) is 42.6 Å². The van der Waals surface area contributed by atoms with Gasteiger partial charge in [-0.2, -0.15) is 15.3 Å². The van der Waals surface area contributed by atoms with Gasteiger partial charge in [0.2, 0.25) is 11.8 Å². The Kier molecular flexibility index (Phi) is 12.5. The van der Waals surface area contributed by atoms with Crippen LogP contribution in [0.2, 0.25) is 0 Å². The highest BCUT2D eigenvalue weighted by atomic mass is 19.3. The number of para-hydroxylation sites is 1. The SMILES string of the molecule is O=C1CCC(c2nn(C3CC3)c3c(C#CCO[C@H]4CCN(CC5CCC(n6cc(NC(=O)c7cnn8ccc(N9CCO[C@H](CO)C9)nc78)c(C(F)F)n6)CC5)C[C@H]4F)cccc23)C(=O)N1. The lowest BCUT2D eigenvalue weighted by atomic mass is 9.85. The number of aromatic nitrogens is 7. The van der Waals surface area contributed by atoms with Crippen molar-refractivity contribution in [3.63, 3.8) is 0 Å².